The Morgan fingerprint density at radius 1 is 1.38 bits per heavy atom. The van der Waals surface area contributed by atoms with Gasteiger partial charge in [0.25, 0.3) is 0 Å². The predicted octanol–water partition coefficient (Wildman–Crippen LogP) is 3.40. The second-order valence-electron chi connectivity index (χ2n) is 3.16. The van der Waals surface area contributed by atoms with Crippen LogP contribution in [0.2, 0.25) is 5.22 Å². The number of aliphatic hydroxyl groups excluding tert-OH is 1. The SMILES string of the molecule is CCC(CC)C(O)c1ccc(Cl)o1. The van der Waals surface area contributed by atoms with Gasteiger partial charge in [-0.15, -0.1) is 0 Å². The molecule has 3 heteroatoms. The largest absolute Gasteiger partial charge is 0.447 e. The average Bonchev–Trinajstić information content (AvgIpc) is 2.54. The standard InChI is InChI=1S/C10H15ClO2/c1-3-7(4-2)10(12)8-5-6-9(11)13-8/h5-7,10,12H,3-4H2,1-2H3. The second kappa shape index (κ2) is 4.68. The van der Waals surface area contributed by atoms with Crippen molar-refractivity contribution in [2.75, 3.05) is 0 Å². The van der Waals surface area contributed by atoms with Gasteiger partial charge in [-0.25, -0.2) is 0 Å². The fourth-order valence-electron chi connectivity index (χ4n) is 1.45. The van der Waals surface area contributed by atoms with Crippen LogP contribution in [-0.4, -0.2) is 5.11 Å². The minimum absolute atomic E-state index is 0.252. The summed E-state index contributed by atoms with van der Waals surface area (Å²) in [5.41, 5.74) is 0. The van der Waals surface area contributed by atoms with Crippen LogP contribution in [0.5, 0.6) is 0 Å². The lowest BCUT2D eigenvalue weighted by Gasteiger charge is -2.17. The van der Waals surface area contributed by atoms with Gasteiger partial charge in [-0.3, -0.25) is 0 Å². The molecule has 0 aliphatic rings. The van der Waals surface area contributed by atoms with E-state index in [2.05, 4.69) is 13.8 Å². The lowest BCUT2D eigenvalue weighted by atomic mass is 9.95. The van der Waals surface area contributed by atoms with E-state index in [0.29, 0.717) is 11.0 Å². The molecule has 0 radical (unpaired) electrons. The van der Waals surface area contributed by atoms with Crippen LogP contribution < -0.4 is 0 Å². The van der Waals surface area contributed by atoms with E-state index in [0.717, 1.165) is 12.8 Å². The number of hydrogen-bond acceptors (Lipinski definition) is 2. The maximum absolute atomic E-state index is 9.84. The lowest BCUT2D eigenvalue weighted by Crippen LogP contribution is -2.09. The maximum Gasteiger partial charge on any atom is 0.193 e. The topological polar surface area (TPSA) is 33.4 Å². The molecule has 0 amide bonds. The van der Waals surface area contributed by atoms with Crippen LogP contribution in [0.3, 0.4) is 0 Å². The van der Waals surface area contributed by atoms with Crippen LogP contribution in [0.4, 0.5) is 0 Å². The van der Waals surface area contributed by atoms with E-state index in [4.69, 9.17) is 16.0 Å². The highest BCUT2D eigenvalue weighted by Gasteiger charge is 2.20. The molecule has 1 aromatic rings. The molecular formula is C10H15ClO2. The maximum atomic E-state index is 9.84. The Kier molecular flexibility index (Phi) is 3.82. The summed E-state index contributed by atoms with van der Waals surface area (Å²) in [6.45, 7) is 4.11. The van der Waals surface area contributed by atoms with Crippen molar-refractivity contribution in [3.05, 3.63) is 23.1 Å². The highest BCUT2D eigenvalue weighted by Crippen LogP contribution is 2.29. The first kappa shape index (κ1) is 10.6. The average molecular weight is 203 g/mol. The molecule has 1 N–H and O–H groups in total. The van der Waals surface area contributed by atoms with Crippen LogP contribution >= 0.6 is 11.6 Å². The number of rotatable bonds is 4. The molecule has 0 aromatic carbocycles. The summed E-state index contributed by atoms with van der Waals surface area (Å²) < 4.78 is 5.15. The van der Waals surface area contributed by atoms with E-state index >= 15 is 0 Å². The molecule has 0 saturated carbocycles. The van der Waals surface area contributed by atoms with E-state index < -0.39 is 6.10 Å². The Hall–Kier alpha value is -0.470. The Labute approximate surface area is 83.5 Å². The summed E-state index contributed by atoms with van der Waals surface area (Å²) in [4.78, 5) is 0. The third kappa shape index (κ3) is 2.48. The van der Waals surface area contributed by atoms with Crippen molar-refractivity contribution in [3.8, 4) is 0 Å². The van der Waals surface area contributed by atoms with Crippen molar-refractivity contribution in [3.63, 3.8) is 0 Å². The van der Waals surface area contributed by atoms with Crippen LogP contribution in [0.15, 0.2) is 16.5 Å². The molecule has 0 fully saturated rings. The van der Waals surface area contributed by atoms with E-state index in [1.807, 2.05) is 0 Å². The second-order valence-corrected chi connectivity index (χ2v) is 3.54. The summed E-state index contributed by atoms with van der Waals surface area (Å²) in [6, 6.07) is 3.38. The van der Waals surface area contributed by atoms with Crippen molar-refractivity contribution in [1.29, 1.82) is 0 Å². The van der Waals surface area contributed by atoms with Gasteiger partial charge in [-0.1, -0.05) is 26.7 Å². The fourth-order valence-corrected chi connectivity index (χ4v) is 1.61. The van der Waals surface area contributed by atoms with Gasteiger partial charge in [0.2, 0.25) is 0 Å². The fraction of sp³-hybridized carbons (Fsp3) is 0.600. The normalized spacial score (nSPS) is 13.6. The molecule has 0 bridgehead atoms. The van der Waals surface area contributed by atoms with Crippen LogP contribution in [0.1, 0.15) is 38.6 Å². The van der Waals surface area contributed by atoms with Gasteiger partial charge in [-0.2, -0.15) is 0 Å². The van der Waals surface area contributed by atoms with Crippen molar-refractivity contribution in [2.24, 2.45) is 5.92 Å². The van der Waals surface area contributed by atoms with Gasteiger partial charge in [0.05, 0.1) is 0 Å². The summed E-state index contributed by atoms with van der Waals surface area (Å²) >= 11 is 5.62. The summed E-state index contributed by atoms with van der Waals surface area (Å²) in [5.74, 6) is 0.820. The molecule has 0 saturated heterocycles. The van der Waals surface area contributed by atoms with Crippen molar-refractivity contribution >= 4 is 11.6 Å². The molecule has 0 aliphatic heterocycles. The molecule has 0 aliphatic carbocycles. The van der Waals surface area contributed by atoms with E-state index in [-0.39, 0.29) is 5.92 Å². The number of halogens is 1. The molecule has 1 rings (SSSR count). The van der Waals surface area contributed by atoms with Crippen LogP contribution in [0.25, 0.3) is 0 Å². The van der Waals surface area contributed by atoms with Gasteiger partial charge < -0.3 is 9.52 Å². The molecule has 13 heavy (non-hydrogen) atoms. The van der Waals surface area contributed by atoms with Gasteiger partial charge in [-0.05, 0) is 29.7 Å². The van der Waals surface area contributed by atoms with Crippen molar-refractivity contribution < 1.29 is 9.52 Å². The van der Waals surface area contributed by atoms with E-state index in [1.165, 1.54) is 0 Å². The number of aliphatic hydroxyl groups is 1. The minimum atomic E-state index is -0.525. The molecule has 1 atom stereocenters. The number of furan rings is 1. The Balaban J connectivity index is 2.71. The predicted molar refractivity (Wildman–Crippen MR) is 52.7 cm³/mol. The first-order valence-electron chi connectivity index (χ1n) is 4.62. The number of hydrogen-bond donors (Lipinski definition) is 1. The zero-order chi connectivity index (χ0) is 9.84. The molecule has 1 unspecified atom stereocenters. The highest BCUT2D eigenvalue weighted by molar-refractivity contribution is 6.28. The van der Waals surface area contributed by atoms with E-state index in [1.54, 1.807) is 12.1 Å². The molecule has 2 nitrogen and oxygen atoms in total. The zero-order valence-corrected chi connectivity index (χ0v) is 8.71. The van der Waals surface area contributed by atoms with Crippen molar-refractivity contribution in [1.82, 2.24) is 0 Å². The third-order valence-electron chi connectivity index (χ3n) is 2.38. The van der Waals surface area contributed by atoms with Crippen LogP contribution in [-0.2, 0) is 0 Å². The Morgan fingerprint density at radius 3 is 2.38 bits per heavy atom. The molecule has 74 valence electrons. The highest BCUT2D eigenvalue weighted by atomic mass is 35.5. The van der Waals surface area contributed by atoms with Crippen molar-refractivity contribution in [2.45, 2.75) is 32.8 Å². The molecule has 1 aromatic heterocycles. The van der Waals surface area contributed by atoms with Gasteiger partial charge in [0, 0.05) is 0 Å². The molecule has 1 heterocycles. The van der Waals surface area contributed by atoms with Gasteiger partial charge >= 0.3 is 0 Å². The minimum Gasteiger partial charge on any atom is -0.447 e. The molecule has 0 spiro atoms. The first-order valence-corrected chi connectivity index (χ1v) is 5.00. The summed E-state index contributed by atoms with van der Waals surface area (Å²) in [6.07, 6.45) is 1.36. The zero-order valence-electron chi connectivity index (χ0n) is 7.96. The smallest absolute Gasteiger partial charge is 0.193 e. The quantitative estimate of drug-likeness (QED) is 0.812. The molecular weight excluding hydrogens is 188 g/mol. The summed E-state index contributed by atoms with van der Waals surface area (Å²) in [5, 5.41) is 10.2. The lowest BCUT2D eigenvalue weighted by molar-refractivity contribution is 0.0815. The van der Waals surface area contributed by atoms with Gasteiger partial charge in [0.15, 0.2) is 5.22 Å². The van der Waals surface area contributed by atoms with Gasteiger partial charge in [0.1, 0.15) is 11.9 Å². The summed E-state index contributed by atoms with van der Waals surface area (Å²) in [7, 11) is 0. The van der Waals surface area contributed by atoms with E-state index in [9.17, 15) is 5.11 Å². The Bertz CT molecular complexity index is 253. The first-order chi connectivity index (χ1) is 6.19. The third-order valence-corrected chi connectivity index (χ3v) is 2.58. The van der Waals surface area contributed by atoms with Crippen LogP contribution in [0, 0.1) is 5.92 Å². The monoisotopic (exact) mass is 202 g/mol. The Morgan fingerprint density at radius 2 is 2.00 bits per heavy atom.